The van der Waals surface area contributed by atoms with Crippen molar-refractivity contribution < 1.29 is 14.3 Å². The molecule has 1 atom stereocenters. The predicted octanol–water partition coefficient (Wildman–Crippen LogP) is 2.61. The molecule has 25 heavy (non-hydrogen) atoms. The Morgan fingerprint density at radius 3 is 2.44 bits per heavy atom. The van der Waals surface area contributed by atoms with Crippen LogP contribution < -0.4 is 10.6 Å². The van der Waals surface area contributed by atoms with Gasteiger partial charge in [-0.3, -0.25) is 9.89 Å². The van der Waals surface area contributed by atoms with Crippen LogP contribution in [0.25, 0.3) is 11.3 Å². The fourth-order valence-electron chi connectivity index (χ4n) is 2.11. The Bertz CT molecular complexity index is 703. The fraction of sp³-hybridized carbons (Fsp3) is 0.389. The number of carbonyl (C=O) groups excluding carboxylic acids is 2. The van der Waals surface area contributed by atoms with E-state index in [1.54, 1.807) is 33.9 Å². The van der Waals surface area contributed by atoms with Gasteiger partial charge in [0.1, 0.15) is 11.6 Å². The number of nitrogens with zero attached hydrogens (tertiary/aromatic N) is 1. The monoisotopic (exact) mass is 344 g/mol. The predicted molar refractivity (Wildman–Crippen MR) is 94.7 cm³/mol. The summed E-state index contributed by atoms with van der Waals surface area (Å²) in [4.78, 5) is 23.8. The topological polar surface area (TPSA) is 96.1 Å². The Morgan fingerprint density at radius 1 is 1.20 bits per heavy atom. The van der Waals surface area contributed by atoms with E-state index < -0.39 is 17.7 Å². The third kappa shape index (κ3) is 5.95. The van der Waals surface area contributed by atoms with Crippen LogP contribution in [0.4, 0.5) is 4.79 Å². The number of H-pyrrole nitrogens is 1. The zero-order valence-corrected chi connectivity index (χ0v) is 14.9. The van der Waals surface area contributed by atoms with Crippen LogP contribution >= 0.6 is 0 Å². The van der Waals surface area contributed by atoms with Crippen molar-refractivity contribution >= 4 is 12.0 Å². The molecule has 2 amide bonds. The molecule has 0 bridgehead atoms. The van der Waals surface area contributed by atoms with Crippen molar-refractivity contribution in [3.8, 4) is 11.3 Å². The quantitative estimate of drug-likeness (QED) is 0.777. The van der Waals surface area contributed by atoms with Gasteiger partial charge >= 0.3 is 6.09 Å². The first-order valence-corrected chi connectivity index (χ1v) is 8.10. The summed E-state index contributed by atoms with van der Waals surface area (Å²) in [6.45, 7) is 7.29. The molecule has 0 saturated heterocycles. The number of ether oxygens (including phenoxy) is 1. The number of rotatable bonds is 5. The van der Waals surface area contributed by atoms with Crippen LogP contribution in [0.5, 0.6) is 0 Å². The van der Waals surface area contributed by atoms with Crippen molar-refractivity contribution in [1.29, 1.82) is 0 Å². The normalized spacial score (nSPS) is 12.3. The second-order valence-corrected chi connectivity index (χ2v) is 6.75. The molecule has 0 fully saturated rings. The van der Waals surface area contributed by atoms with Gasteiger partial charge in [-0.1, -0.05) is 24.3 Å². The Balaban J connectivity index is 1.82. The molecule has 7 heteroatoms. The highest BCUT2D eigenvalue weighted by Crippen LogP contribution is 2.16. The minimum Gasteiger partial charge on any atom is -0.444 e. The average molecular weight is 344 g/mol. The number of carbonyl (C=O) groups is 2. The van der Waals surface area contributed by atoms with Crippen molar-refractivity contribution in [3.05, 3.63) is 42.1 Å². The van der Waals surface area contributed by atoms with Crippen LogP contribution in [0, 0.1) is 0 Å². The van der Waals surface area contributed by atoms with Crippen LogP contribution in [-0.4, -0.2) is 33.8 Å². The summed E-state index contributed by atoms with van der Waals surface area (Å²) in [6.07, 6.45) is 1.08. The maximum Gasteiger partial charge on any atom is 0.408 e. The van der Waals surface area contributed by atoms with Gasteiger partial charge < -0.3 is 15.4 Å². The molecular formula is C18H24N4O3. The second-order valence-electron chi connectivity index (χ2n) is 6.75. The largest absolute Gasteiger partial charge is 0.444 e. The number of nitrogens with one attached hydrogen (secondary N) is 3. The molecular weight excluding hydrogens is 320 g/mol. The fourth-order valence-corrected chi connectivity index (χ4v) is 2.11. The van der Waals surface area contributed by atoms with Gasteiger partial charge in [0.05, 0.1) is 5.69 Å². The summed E-state index contributed by atoms with van der Waals surface area (Å²) in [5, 5.41) is 12.1. The molecule has 0 unspecified atom stereocenters. The Labute approximate surface area is 147 Å². The van der Waals surface area contributed by atoms with Crippen molar-refractivity contribution in [2.75, 3.05) is 0 Å². The third-order valence-corrected chi connectivity index (χ3v) is 3.36. The highest BCUT2D eigenvalue weighted by molar-refractivity contribution is 5.85. The van der Waals surface area contributed by atoms with Crippen molar-refractivity contribution in [3.63, 3.8) is 0 Å². The van der Waals surface area contributed by atoms with Crippen molar-refractivity contribution in [2.45, 2.75) is 45.9 Å². The summed E-state index contributed by atoms with van der Waals surface area (Å²) in [7, 11) is 0. The van der Waals surface area contributed by atoms with Gasteiger partial charge in [0, 0.05) is 12.7 Å². The van der Waals surface area contributed by atoms with Gasteiger partial charge in [-0.15, -0.1) is 0 Å². The lowest BCUT2D eigenvalue weighted by atomic mass is 10.1. The van der Waals surface area contributed by atoms with Crippen molar-refractivity contribution in [2.24, 2.45) is 0 Å². The maximum absolute atomic E-state index is 12.1. The van der Waals surface area contributed by atoms with Gasteiger partial charge in [0.2, 0.25) is 5.91 Å². The summed E-state index contributed by atoms with van der Waals surface area (Å²) in [5.74, 6) is -0.275. The lowest BCUT2D eigenvalue weighted by Crippen LogP contribution is -2.46. The number of aromatic amines is 1. The van der Waals surface area contributed by atoms with E-state index >= 15 is 0 Å². The van der Waals surface area contributed by atoms with Gasteiger partial charge in [0.25, 0.3) is 0 Å². The molecule has 1 aromatic carbocycles. The molecule has 0 aliphatic rings. The smallest absolute Gasteiger partial charge is 0.408 e. The molecule has 1 aromatic heterocycles. The summed E-state index contributed by atoms with van der Waals surface area (Å²) in [5.41, 5.74) is 2.32. The second kappa shape index (κ2) is 7.83. The van der Waals surface area contributed by atoms with E-state index in [0.29, 0.717) is 6.54 Å². The van der Waals surface area contributed by atoms with E-state index in [9.17, 15) is 9.59 Å². The number of benzene rings is 1. The molecule has 3 N–H and O–H groups in total. The third-order valence-electron chi connectivity index (χ3n) is 3.36. The highest BCUT2D eigenvalue weighted by Gasteiger charge is 2.20. The summed E-state index contributed by atoms with van der Waals surface area (Å²) >= 11 is 0. The van der Waals surface area contributed by atoms with Crippen LogP contribution in [0.1, 0.15) is 33.3 Å². The Morgan fingerprint density at radius 2 is 1.88 bits per heavy atom. The Hall–Kier alpha value is -2.83. The highest BCUT2D eigenvalue weighted by atomic mass is 16.6. The van der Waals surface area contributed by atoms with Crippen LogP contribution in [-0.2, 0) is 16.1 Å². The maximum atomic E-state index is 12.1. The number of alkyl carbamates (subject to hydrolysis) is 1. The molecule has 0 aliphatic heterocycles. The zero-order chi connectivity index (χ0) is 18.4. The Kier molecular flexibility index (Phi) is 5.80. The zero-order valence-electron chi connectivity index (χ0n) is 14.9. The SMILES string of the molecule is C[C@@H](NC(=O)OC(C)(C)C)C(=O)NCc1ccc(-c2ccn[nH]2)cc1. The van der Waals surface area contributed by atoms with E-state index in [1.165, 1.54) is 0 Å². The van der Waals surface area contributed by atoms with Gasteiger partial charge in [0.15, 0.2) is 0 Å². The van der Waals surface area contributed by atoms with Crippen LogP contribution in [0.3, 0.4) is 0 Å². The molecule has 0 saturated carbocycles. The van der Waals surface area contributed by atoms with Gasteiger partial charge in [-0.2, -0.15) is 5.10 Å². The first kappa shape index (κ1) is 18.5. The summed E-state index contributed by atoms with van der Waals surface area (Å²) < 4.78 is 5.13. The van der Waals surface area contributed by atoms with E-state index in [0.717, 1.165) is 16.8 Å². The standard InChI is InChI=1S/C18H24N4O3/c1-12(21-17(24)25-18(2,3)4)16(23)19-11-13-5-7-14(8-6-13)15-9-10-20-22-15/h5-10,12H,11H2,1-4H3,(H,19,23)(H,20,22)(H,21,24)/t12-/m1/s1. The molecule has 0 aliphatic carbocycles. The molecule has 1 heterocycles. The lowest BCUT2D eigenvalue weighted by molar-refractivity contribution is -0.122. The molecule has 0 spiro atoms. The van der Waals surface area contributed by atoms with Gasteiger partial charge in [-0.05, 0) is 44.9 Å². The van der Waals surface area contributed by atoms with Crippen LogP contribution in [0.2, 0.25) is 0 Å². The van der Waals surface area contributed by atoms with Crippen LogP contribution in [0.15, 0.2) is 36.5 Å². The van der Waals surface area contributed by atoms with E-state index in [-0.39, 0.29) is 5.91 Å². The molecule has 134 valence electrons. The number of hydrogen-bond donors (Lipinski definition) is 3. The van der Waals surface area contributed by atoms with E-state index in [4.69, 9.17) is 4.74 Å². The minimum atomic E-state index is -0.681. The van der Waals surface area contributed by atoms with Gasteiger partial charge in [-0.25, -0.2) is 4.79 Å². The average Bonchev–Trinajstić information content (AvgIpc) is 3.05. The summed E-state index contributed by atoms with van der Waals surface area (Å²) in [6, 6.07) is 8.99. The lowest BCUT2D eigenvalue weighted by Gasteiger charge is -2.21. The first-order chi connectivity index (χ1) is 11.7. The van der Waals surface area contributed by atoms with E-state index in [2.05, 4.69) is 20.8 Å². The molecule has 2 rings (SSSR count). The van der Waals surface area contributed by atoms with E-state index in [1.807, 2.05) is 30.3 Å². The first-order valence-electron chi connectivity index (χ1n) is 8.10. The number of aromatic nitrogens is 2. The van der Waals surface area contributed by atoms with Crippen molar-refractivity contribution in [1.82, 2.24) is 20.8 Å². The minimum absolute atomic E-state index is 0.275. The molecule has 0 radical (unpaired) electrons. The molecule has 2 aromatic rings. The number of hydrogen-bond acceptors (Lipinski definition) is 4. The molecule has 7 nitrogen and oxygen atoms in total. The number of amides is 2.